The van der Waals surface area contributed by atoms with Crippen molar-refractivity contribution >= 4 is 5.91 Å². The van der Waals surface area contributed by atoms with E-state index >= 15 is 0 Å². The standard InChI is InChI=1S/C18H30N4O4/c1-13-12-15-16(14(2)26-13)19-20(3)17(15)18(24)22(6-9-23)5-4-21-7-10-25-11-8-21/h13-14,23H,4-12H2,1-3H3/t13-,14+/m1/s1. The summed E-state index contributed by atoms with van der Waals surface area (Å²) >= 11 is 0. The zero-order chi connectivity index (χ0) is 18.7. The molecule has 3 heterocycles. The first kappa shape index (κ1) is 19.3. The zero-order valence-electron chi connectivity index (χ0n) is 16.0. The second-order valence-electron chi connectivity index (χ2n) is 7.10. The number of amides is 1. The number of rotatable bonds is 6. The minimum atomic E-state index is -0.110. The van der Waals surface area contributed by atoms with Gasteiger partial charge in [0.25, 0.3) is 5.91 Å². The Labute approximate surface area is 154 Å². The maximum Gasteiger partial charge on any atom is 0.272 e. The third kappa shape index (κ3) is 4.09. The molecule has 0 unspecified atom stereocenters. The monoisotopic (exact) mass is 366 g/mol. The van der Waals surface area contributed by atoms with Gasteiger partial charge in [0.05, 0.1) is 37.7 Å². The topological polar surface area (TPSA) is 80.1 Å². The molecule has 146 valence electrons. The SMILES string of the molecule is C[C@@H]1Cc2c(nn(C)c2C(=O)N(CCO)CCN2CCOCC2)[C@H](C)O1. The normalized spacial score (nSPS) is 23.7. The second kappa shape index (κ2) is 8.47. The van der Waals surface area contributed by atoms with Gasteiger partial charge in [0, 0.05) is 51.8 Å². The van der Waals surface area contributed by atoms with E-state index in [4.69, 9.17) is 9.47 Å². The summed E-state index contributed by atoms with van der Waals surface area (Å²) in [5.74, 6) is -0.0649. The number of aromatic nitrogens is 2. The van der Waals surface area contributed by atoms with E-state index < -0.39 is 0 Å². The predicted molar refractivity (Wildman–Crippen MR) is 96.1 cm³/mol. The van der Waals surface area contributed by atoms with E-state index in [9.17, 15) is 9.90 Å². The fraction of sp³-hybridized carbons (Fsp3) is 0.778. The van der Waals surface area contributed by atoms with Crippen LogP contribution in [0.2, 0.25) is 0 Å². The van der Waals surface area contributed by atoms with Gasteiger partial charge in [0.2, 0.25) is 0 Å². The Morgan fingerprint density at radius 1 is 1.31 bits per heavy atom. The molecular weight excluding hydrogens is 336 g/mol. The molecule has 1 saturated heterocycles. The fourth-order valence-corrected chi connectivity index (χ4v) is 3.80. The highest BCUT2D eigenvalue weighted by molar-refractivity contribution is 5.94. The van der Waals surface area contributed by atoms with Gasteiger partial charge in [-0.1, -0.05) is 0 Å². The van der Waals surface area contributed by atoms with Crippen molar-refractivity contribution in [2.45, 2.75) is 32.5 Å². The lowest BCUT2D eigenvalue weighted by Crippen LogP contribution is -2.44. The third-order valence-corrected chi connectivity index (χ3v) is 5.14. The zero-order valence-corrected chi connectivity index (χ0v) is 16.0. The van der Waals surface area contributed by atoms with Crippen LogP contribution < -0.4 is 0 Å². The molecule has 2 atom stereocenters. The highest BCUT2D eigenvalue weighted by Crippen LogP contribution is 2.31. The molecule has 0 aromatic carbocycles. The average Bonchev–Trinajstić information content (AvgIpc) is 2.95. The lowest BCUT2D eigenvalue weighted by molar-refractivity contribution is -0.00715. The van der Waals surface area contributed by atoms with Crippen LogP contribution in [0.1, 0.15) is 41.7 Å². The van der Waals surface area contributed by atoms with Gasteiger partial charge in [-0.15, -0.1) is 0 Å². The molecule has 0 radical (unpaired) electrons. The minimum absolute atomic E-state index is 0.0508. The van der Waals surface area contributed by atoms with E-state index in [0.717, 1.165) is 44.1 Å². The van der Waals surface area contributed by atoms with Gasteiger partial charge in [-0.05, 0) is 13.8 Å². The number of aryl methyl sites for hydroxylation is 1. The highest BCUT2D eigenvalue weighted by Gasteiger charge is 2.33. The van der Waals surface area contributed by atoms with Crippen molar-refractivity contribution in [3.8, 4) is 0 Å². The summed E-state index contributed by atoms with van der Waals surface area (Å²) in [4.78, 5) is 17.3. The Balaban J connectivity index is 1.76. The summed E-state index contributed by atoms with van der Waals surface area (Å²) in [5.41, 5.74) is 2.46. The molecule has 1 amide bonds. The molecule has 0 spiro atoms. The Morgan fingerprint density at radius 2 is 2.04 bits per heavy atom. The Kier molecular flexibility index (Phi) is 6.29. The molecule has 2 aliphatic heterocycles. The van der Waals surface area contributed by atoms with E-state index in [1.54, 1.807) is 9.58 Å². The summed E-state index contributed by atoms with van der Waals surface area (Å²) in [6, 6.07) is 0. The summed E-state index contributed by atoms with van der Waals surface area (Å²) in [6.07, 6.45) is 0.638. The molecule has 3 rings (SSSR count). The molecule has 8 nitrogen and oxygen atoms in total. The van der Waals surface area contributed by atoms with Crippen molar-refractivity contribution in [1.29, 1.82) is 0 Å². The number of fused-ring (bicyclic) bond motifs is 1. The number of aliphatic hydroxyl groups is 1. The summed E-state index contributed by atoms with van der Waals surface area (Å²) in [7, 11) is 1.81. The van der Waals surface area contributed by atoms with E-state index in [-0.39, 0.29) is 24.7 Å². The van der Waals surface area contributed by atoms with Crippen LogP contribution in [0, 0.1) is 0 Å². The molecule has 1 aromatic rings. The molecule has 1 fully saturated rings. The first-order valence-corrected chi connectivity index (χ1v) is 9.42. The fourth-order valence-electron chi connectivity index (χ4n) is 3.80. The van der Waals surface area contributed by atoms with Gasteiger partial charge < -0.3 is 19.5 Å². The van der Waals surface area contributed by atoms with Crippen LogP contribution >= 0.6 is 0 Å². The maximum absolute atomic E-state index is 13.2. The van der Waals surface area contributed by atoms with Crippen LogP contribution in [-0.4, -0.2) is 89.2 Å². The third-order valence-electron chi connectivity index (χ3n) is 5.14. The van der Waals surface area contributed by atoms with E-state index in [1.165, 1.54) is 0 Å². The average molecular weight is 366 g/mol. The van der Waals surface area contributed by atoms with Crippen molar-refractivity contribution in [1.82, 2.24) is 19.6 Å². The lowest BCUT2D eigenvalue weighted by Gasteiger charge is -2.30. The van der Waals surface area contributed by atoms with Crippen LogP contribution in [0.5, 0.6) is 0 Å². The van der Waals surface area contributed by atoms with Gasteiger partial charge >= 0.3 is 0 Å². The van der Waals surface area contributed by atoms with Crippen LogP contribution in [0.3, 0.4) is 0 Å². The first-order chi connectivity index (χ1) is 12.5. The van der Waals surface area contributed by atoms with Crippen LogP contribution in [0.25, 0.3) is 0 Å². The Morgan fingerprint density at radius 3 is 2.73 bits per heavy atom. The smallest absolute Gasteiger partial charge is 0.272 e. The number of aliphatic hydroxyl groups excluding tert-OH is 1. The van der Waals surface area contributed by atoms with Crippen molar-refractivity contribution in [2.24, 2.45) is 7.05 Å². The highest BCUT2D eigenvalue weighted by atomic mass is 16.5. The molecule has 0 aliphatic carbocycles. The minimum Gasteiger partial charge on any atom is -0.395 e. The van der Waals surface area contributed by atoms with Crippen molar-refractivity contribution in [2.75, 3.05) is 52.5 Å². The van der Waals surface area contributed by atoms with Crippen molar-refractivity contribution < 1.29 is 19.4 Å². The van der Waals surface area contributed by atoms with Gasteiger partial charge in [0.1, 0.15) is 5.69 Å². The molecule has 1 aromatic heterocycles. The summed E-state index contributed by atoms with van der Waals surface area (Å²) in [6.45, 7) is 8.87. The number of hydrogen-bond donors (Lipinski definition) is 1. The molecule has 0 saturated carbocycles. The maximum atomic E-state index is 13.2. The van der Waals surface area contributed by atoms with Crippen LogP contribution in [-0.2, 0) is 22.9 Å². The molecule has 26 heavy (non-hydrogen) atoms. The Bertz CT molecular complexity index is 627. The number of morpholine rings is 1. The number of ether oxygens (including phenoxy) is 2. The predicted octanol–water partition coefficient (Wildman–Crippen LogP) is 0.209. The number of hydrogen-bond acceptors (Lipinski definition) is 6. The molecule has 1 N–H and O–H groups in total. The Hall–Kier alpha value is -1.48. The number of carbonyl (C=O) groups is 1. The molecule has 0 bridgehead atoms. The van der Waals surface area contributed by atoms with Gasteiger partial charge in [-0.2, -0.15) is 5.10 Å². The van der Waals surface area contributed by atoms with E-state index in [2.05, 4.69) is 10.00 Å². The van der Waals surface area contributed by atoms with Crippen molar-refractivity contribution in [3.63, 3.8) is 0 Å². The van der Waals surface area contributed by atoms with Crippen molar-refractivity contribution in [3.05, 3.63) is 17.0 Å². The second-order valence-corrected chi connectivity index (χ2v) is 7.10. The van der Waals surface area contributed by atoms with Crippen LogP contribution in [0.15, 0.2) is 0 Å². The molecule has 2 aliphatic rings. The largest absolute Gasteiger partial charge is 0.395 e. The van der Waals surface area contributed by atoms with Gasteiger partial charge in [0.15, 0.2) is 0 Å². The van der Waals surface area contributed by atoms with Crippen LogP contribution in [0.4, 0.5) is 0 Å². The summed E-state index contributed by atoms with van der Waals surface area (Å²) < 4.78 is 12.9. The molecular formula is C18H30N4O4. The number of carbonyl (C=O) groups excluding carboxylic acids is 1. The number of nitrogens with zero attached hydrogens (tertiary/aromatic N) is 4. The summed E-state index contributed by atoms with van der Waals surface area (Å²) in [5, 5.41) is 14.0. The van der Waals surface area contributed by atoms with E-state index in [0.29, 0.717) is 25.2 Å². The lowest BCUT2D eigenvalue weighted by atomic mass is 9.99. The first-order valence-electron chi connectivity index (χ1n) is 9.42. The molecule has 8 heteroatoms. The van der Waals surface area contributed by atoms with Gasteiger partial charge in [-0.25, -0.2) is 0 Å². The van der Waals surface area contributed by atoms with Gasteiger partial charge in [-0.3, -0.25) is 14.4 Å². The van der Waals surface area contributed by atoms with E-state index in [1.807, 2.05) is 20.9 Å². The quantitative estimate of drug-likeness (QED) is 0.775.